The Labute approximate surface area is 176 Å². The van der Waals surface area contributed by atoms with E-state index in [0.29, 0.717) is 6.54 Å². The van der Waals surface area contributed by atoms with Gasteiger partial charge in [0, 0.05) is 46.3 Å². The first-order valence-electron chi connectivity index (χ1n) is 9.88. The third-order valence-corrected chi connectivity index (χ3v) is 5.75. The van der Waals surface area contributed by atoms with E-state index in [4.69, 9.17) is 4.74 Å². The van der Waals surface area contributed by atoms with Gasteiger partial charge in [-0.15, -0.1) is 11.3 Å². The molecule has 1 aromatic heterocycles. The van der Waals surface area contributed by atoms with Gasteiger partial charge in [-0.3, -0.25) is 9.79 Å². The fourth-order valence-corrected chi connectivity index (χ4v) is 4.01. The van der Waals surface area contributed by atoms with Crippen molar-refractivity contribution in [3.8, 4) is 5.75 Å². The van der Waals surface area contributed by atoms with Crippen LogP contribution in [0, 0.1) is 0 Å². The molecule has 0 bridgehead atoms. The number of piperazine rings is 1. The Morgan fingerprint density at radius 1 is 1.10 bits per heavy atom. The highest BCUT2D eigenvalue weighted by molar-refractivity contribution is 7.12. The number of carbonyl (C=O) groups is 1. The van der Waals surface area contributed by atoms with E-state index in [-0.39, 0.29) is 5.91 Å². The van der Waals surface area contributed by atoms with Gasteiger partial charge in [0.1, 0.15) is 5.75 Å². The summed E-state index contributed by atoms with van der Waals surface area (Å²) in [5, 5.41) is 8.27. The lowest BCUT2D eigenvalue weighted by Crippen LogP contribution is -2.52. The lowest BCUT2D eigenvalue weighted by atomic mass is 10.2. The molecule has 3 rings (SSSR count). The van der Waals surface area contributed by atoms with Crippen molar-refractivity contribution in [1.29, 1.82) is 0 Å². The molecule has 1 saturated heterocycles. The van der Waals surface area contributed by atoms with E-state index < -0.39 is 0 Å². The number of thiophene rings is 1. The standard InChI is InChI=1S/C21H29N5O2S/c1-22-21(24-11-6-10-23-20(27)19-9-5-16-29-19)26-14-12-25(13-15-26)17-7-3-4-8-18(17)28-2/h3-5,7-9,16H,6,10-15H2,1-2H3,(H,22,24)(H,23,27). The molecule has 8 heteroatoms. The highest BCUT2D eigenvalue weighted by Crippen LogP contribution is 2.28. The lowest BCUT2D eigenvalue weighted by Gasteiger charge is -2.38. The number of nitrogens with one attached hydrogen (secondary N) is 2. The van der Waals surface area contributed by atoms with Crippen LogP contribution in [0.15, 0.2) is 46.8 Å². The second kappa shape index (κ2) is 10.7. The van der Waals surface area contributed by atoms with Crippen molar-refractivity contribution in [3.05, 3.63) is 46.7 Å². The van der Waals surface area contributed by atoms with E-state index in [9.17, 15) is 4.79 Å². The molecule has 2 aromatic rings. The Hall–Kier alpha value is -2.74. The molecule has 0 spiro atoms. The van der Waals surface area contributed by atoms with Crippen molar-refractivity contribution < 1.29 is 9.53 Å². The zero-order valence-electron chi connectivity index (χ0n) is 17.1. The second-order valence-electron chi connectivity index (χ2n) is 6.71. The molecule has 0 radical (unpaired) electrons. The van der Waals surface area contributed by atoms with Gasteiger partial charge in [0.2, 0.25) is 0 Å². The number of anilines is 1. The monoisotopic (exact) mass is 415 g/mol. The number of hydrogen-bond donors (Lipinski definition) is 2. The summed E-state index contributed by atoms with van der Waals surface area (Å²) < 4.78 is 5.49. The first-order valence-corrected chi connectivity index (χ1v) is 10.8. The van der Waals surface area contributed by atoms with Gasteiger partial charge >= 0.3 is 0 Å². The van der Waals surface area contributed by atoms with Gasteiger partial charge in [-0.1, -0.05) is 18.2 Å². The maximum atomic E-state index is 11.9. The summed E-state index contributed by atoms with van der Waals surface area (Å²) in [5.41, 5.74) is 1.14. The fourth-order valence-electron chi connectivity index (χ4n) is 3.37. The van der Waals surface area contributed by atoms with Crippen molar-refractivity contribution in [1.82, 2.24) is 15.5 Å². The summed E-state index contributed by atoms with van der Waals surface area (Å²) in [7, 11) is 3.53. The molecule has 2 heterocycles. The molecule has 0 atom stereocenters. The third kappa shape index (κ3) is 5.63. The van der Waals surface area contributed by atoms with E-state index in [0.717, 1.165) is 61.4 Å². The summed E-state index contributed by atoms with van der Waals surface area (Å²) in [4.78, 5) is 21.7. The number of ether oxygens (including phenoxy) is 1. The number of benzene rings is 1. The largest absolute Gasteiger partial charge is 0.495 e. The summed E-state index contributed by atoms with van der Waals surface area (Å²) in [6, 6.07) is 11.9. The maximum absolute atomic E-state index is 11.9. The van der Waals surface area contributed by atoms with Crippen LogP contribution in [-0.2, 0) is 0 Å². The van der Waals surface area contributed by atoms with Crippen LogP contribution in [0.2, 0.25) is 0 Å². The predicted molar refractivity (Wildman–Crippen MR) is 119 cm³/mol. The first-order chi connectivity index (χ1) is 14.2. The van der Waals surface area contributed by atoms with Crippen molar-refractivity contribution in [2.45, 2.75) is 6.42 Å². The highest BCUT2D eigenvalue weighted by atomic mass is 32.1. The average Bonchev–Trinajstić information content (AvgIpc) is 3.31. The lowest BCUT2D eigenvalue weighted by molar-refractivity contribution is 0.0957. The Morgan fingerprint density at radius 2 is 1.86 bits per heavy atom. The van der Waals surface area contributed by atoms with Gasteiger partial charge < -0.3 is 25.2 Å². The van der Waals surface area contributed by atoms with E-state index in [1.807, 2.05) is 42.8 Å². The number of rotatable bonds is 7. The van der Waals surface area contributed by atoms with Gasteiger partial charge in [-0.05, 0) is 30.0 Å². The minimum absolute atomic E-state index is 0.00292. The Bertz CT molecular complexity index is 801. The van der Waals surface area contributed by atoms with Crippen LogP contribution >= 0.6 is 11.3 Å². The van der Waals surface area contributed by atoms with Crippen LogP contribution in [0.1, 0.15) is 16.1 Å². The van der Waals surface area contributed by atoms with Crippen LogP contribution in [0.5, 0.6) is 5.75 Å². The molecule has 0 aliphatic carbocycles. The van der Waals surface area contributed by atoms with E-state index in [1.54, 1.807) is 7.11 Å². The topological polar surface area (TPSA) is 69.2 Å². The number of guanidine groups is 1. The fraction of sp³-hybridized carbons (Fsp3) is 0.429. The van der Waals surface area contributed by atoms with Crippen LogP contribution in [-0.4, -0.2) is 70.2 Å². The maximum Gasteiger partial charge on any atom is 0.261 e. The van der Waals surface area contributed by atoms with Crippen molar-refractivity contribution in [3.63, 3.8) is 0 Å². The number of para-hydroxylation sites is 2. The summed E-state index contributed by atoms with van der Waals surface area (Å²) in [6.07, 6.45) is 0.845. The second-order valence-corrected chi connectivity index (χ2v) is 7.65. The number of carbonyl (C=O) groups excluding carboxylic acids is 1. The van der Waals surface area contributed by atoms with Crippen LogP contribution in [0.3, 0.4) is 0 Å². The van der Waals surface area contributed by atoms with Crippen molar-refractivity contribution in [2.75, 3.05) is 58.3 Å². The molecule has 2 N–H and O–H groups in total. The van der Waals surface area contributed by atoms with Gasteiger partial charge in [0.25, 0.3) is 5.91 Å². The molecular weight excluding hydrogens is 386 g/mol. The number of methoxy groups -OCH3 is 1. The molecule has 156 valence electrons. The van der Waals surface area contributed by atoms with Gasteiger partial charge in [0.05, 0.1) is 17.7 Å². The average molecular weight is 416 g/mol. The summed E-state index contributed by atoms with van der Waals surface area (Å²) in [6.45, 7) is 5.03. The van der Waals surface area contributed by atoms with E-state index in [1.165, 1.54) is 11.3 Å². The number of nitrogens with zero attached hydrogens (tertiary/aromatic N) is 3. The zero-order valence-corrected chi connectivity index (χ0v) is 17.9. The van der Waals surface area contributed by atoms with Crippen LogP contribution < -0.4 is 20.3 Å². The molecule has 0 unspecified atom stereocenters. The number of hydrogen-bond acceptors (Lipinski definition) is 5. The number of aliphatic imine (C=N–C) groups is 1. The van der Waals surface area contributed by atoms with Gasteiger partial charge in [-0.2, -0.15) is 0 Å². The first kappa shape index (κ1) is 21.0. The molecule has 0 saturated carbocycles. The highest BCUT2D eigenvalue weighted by Gasteiger charge is 2.21. The quantitative estimate of drug-likeness (QED) is 0.413. The zero-order chi connectivity index (χ0) is 20.5. The molecule has 1 amide bonds. The minimum atomic E-state index is -0.00292. The van der Waals surface area contributed by atoms with Crippen LogP contribution in [0.4, 0.5) is 5.69 Å². The molecule has 1 aliphatic rings. The van der Waals surface area contributed by atoms with Crippen molar-refractivity contribution in [2.24, 2.45) is 4.99 Å². The molecule has 1 aromatic carbocycles. The van der Waals surface area contributed by atoms with Crippen LogP contribution in [0.25, 0.3) is 0 Å². The third-order valence-electron chi connectivity index (χ3n) is 4.88. The molecule has 1 aliphatic heterocycles. The summed E-state index contributed by atoms with van der Waals surface area (Å²) >= 11 is 1.46. The normalized spacial score (nSPS) is 14.6. The van der Waals surface area contributed by atoms with E-state index >= 15 is 0 Å². The Morgan fingerprint density at radius 3 is 2.55 bits per heavy atom. The van der Waals surface area contributed by atoms with Crippen molar-refractivity contribution >= 4 is 28.9 Å². The Kier molecular flexibility index (Phi) is 7.75. The Balaban J connectivity index is 1.39. The molecular formula is C21H29N5O2S. The molecule has 1 fully saturated rings. The predicted octanol–water partition coefficient (Wildman–Crippen LogP) is 2.27. The minimum Gasteiger partial charge on any atom is -0.495 e. The van der Waals surface area contributed by atoms with Gasteiger partial charge in [-0.25, -0.2) is 0 Å². The smallest absolute Gasteiger partial charge is 0.261 e. The SMILES string of the molecule is CN=C(NCCCNC(=O)c1cccs1)N1CCN(c2ccccc2OC)CC1. The molecule has 29 heavy (non-hydrogen) atoms. The van der Waals surface area contributed by atoms with E-state index in [2.05, 4.69) is 31.5 Å². The summed E-state index contributed by atoms with van der Waals surface area (Å²) in [5.74, 6) is 1.82. The number of amides is 1. The molecule has 7 nitrogen and oxygen atoms in total. The van der Waals surface area contributed by atoms with Gasteiger partial charge in [0.15, 0.2) is 5.96 Å².